The fourth-order valence-electron chi connectivity index (χ4n) is 7.41. The zero-order chi connectivity index (χ0) is 43.6. The van der Waals surface area contributed by atoms with Gasteiger partial charge in [0, 0.05) is 0 Å². The Hall–Kier alpha value is -2.28. The molecule has 8 nitrogen and oxygen atoms in total. The van der Waals surface area contributed by atoms with E-state index in [9.17, 15) is 18.9 Å². The molecule has 2 aliphatic rings. The van der Waals surface area contributed by atoms with Crippen LogP contribution in [0.5, 0.6) is 23.0 Å². The van der Waals surface area contributed by atoms with Crippen molar-refractivity contribution in [2.75, 3.05) is 0 Å². The van der Waals surface area contributed by atoms with Gasteiger partial charge in [-0.25, -0.2) is 9.13 Å². The summed E-state index contributed by atoms with van der Waals surface area (Å²) in [4.78, 5) is 25.5. The molecule has 0 atom stereocenters. The molecule has 11 heteroatoms. The van der Waals surface area contributed by atoms with E-state index in [1.165, 1.54) is 0 Å². The molecule has 0 aromatic heterocycles. The SMILES string of the molecule is Cc1cc(C(C)(C)C)cc2c1OP(=O)([O-])Oc1c(C)cc(C(C)(C)C)cc1CC2.Cc1cc(C(C)(C)C)cc2c1OP(=O)([O-])Oc1c(C)cc(C(C)(C)C)cc1CC2.[Ca+2]. The first-order chi connectivity index (χ1) is 26.3. The molecule has 0 bridgehead atoms. The van der Waals surface area contributed by atoms with Crippen molar-refractivity contribution in [2.24, 2.45) is 0 Å². The molecular formula is C48H64CaO8P2. The molecule has 0 saturated carbocycles. The Morgan fingerprint density at radius 1 is 0.390 bits per heavy atom. The summed E-state index contributed by atoms with van der Waals surface area (Å²) >= 11 is 0. The molecule has 0 aliphatic carbocycles. The van der Waals surface area contributed by atoms with Gasteiger partial charge in [0.1, 0.15) is 23.0 Å². The van der Waals surface area contributed by atoms with E-state index in [-0.39, 0.29) is 59.4 Å². The fraction of sp³-hybridized carbons (Fsp3) is 0.500. The summed E-state index contributed by atoms with van der Waals surface area (Å²) in [6.07, 6.45) is 2.74. The zero-order valence-corrected chi connectivity index (χ0v) is 42.3. The van der Waals surface area contributed by atoms with Gasteiger partial charge < -0.3 is 27.9 Å². The summed E-state index contributed by atoms with van der Waals surface area (Å²) in [6, 6.07) is 16.3. The van der Waals surface area contributed by atoms with Crippen LogP contribution in [0.2, 0.25) is 0 Å². The number of rotatable bonds is 0. The van der Waals surface area contributed by atoms with Gasteiger partial charge in [-0.2, -0.15) is 0 Å². The smallest absolute Gasteiger partial charge is 0.736 e. The van der Waals surface area contributed by atoms with Crippen LogP contribution < -0.4 is 27.9 Å². The largest absolute Gasteiger partial charge is 2.00 e. The quantitative estimate of drug-likeness (QED) is 0.127. The van der Waals surface area contributed by atoms with E-state index in [1.807, 2.05) is 52.0 Å². The molecule has 2 heterocycles. The van der Waals surface area contributed by atoms with Crippen molar-refractivity contribution < 1.29 is 37.0 Å². The van der Waals surface area contributed by atoms with Crippen LogP contribution in [0.15, 0.2) is 48.5 Å². The average molecular weight is 871 g/mol. The van der Waals surface area contributed by atoms with Gasteiger partial charge in [0.15, 0.2) is 0 Å². The Morgan fingerprint density at radius 2 is 0.559 bits per heavy atom. The van der Waals surface area contributed by atoms with Crippen LogP contribution in [0, 0.1) is 27.7 Å². The van der Waals surface area contributed by atoms with Gasteiger partial charge in [-0.1, -0.05) is 132 Å². The molecule has 6 rings (SSSR count). The predicted octanol–water partition coefficient (Wildman–Crippen LogP) is 11.5. The average Bonchev–Trinajstić information content (AvgIpc) is 3.15. The third kappa shape index (κ3) is 12.0. The Bertz CT molecular complexity index is 2000. The summed E-state index contributed by atoms with van der Waals surface area (Å²) < 4.78 is 47.5. The Balaban J connectivity index is 0.000000256. The molecule has 0 unspecified atom stereocenters. The van der Waals surface area contributed by atoms with Gasteiger partial charge in [0.2, 0.25) is 0 Å². The van der Waals surface area contributed by atoms with E-state index in [0.717, 1.165) is 66.8 Å². The van der Waals surface area contributed by atoms with Crippen molar-refractivity contribution in [3.8, 4) is 23.0 Å². The molecule has 0 N–H and O–H groups in total. The second kappa shape index (κ2) is 17.5. The van der Waals surface area contributed by atoms with Gasteiger partial charge in [-0.05, 0) is 142 Å². The second-order valence-electron chi connectivity index (χ2n) is 20.4. The zero-order valence-electron chi connectivity index (χ0n) is 38.3. The van der Waals surface area contributed by atoms with E-state index in [4.69, 9.17) is 18.1 Å². The van der Waals surface area contributed by atoms with Crippen LogP contribution in [-0.4, -0.2) is 37.7 Å². The first-order valence-electron chi connectivity index (χ1n) is 20.3. The number of phosphoric acid groups is 2. The molecule has 4 aromatic rings. The third-order valence-corrected chi connectivity index (χ3v) is 12.6. The number of hydrogen-bond donors (Lipinski definition) is 0. The van der Waals surface area contributed by atoms with Crippen LogP contribution in [0.25, 0.3) is 0 Å². The van der Waals surface area contributed by atoms with Crippen molar-refractivity contribution >= 4 is 53.4 Å². The van der Waals surface area contributed by atoms with E-state index >= 15 is 0 Å². The molecule has 0 amide bonds. The molecular weight excluding hydrogens is 807 g/mol. The van der Waals surface area contributed by atoms with Gasteiger partial charge in [0.25, 0.3) is 0 Å². The van der Waals surface area contributed by atoms with Gasteiger partial charge in [-0.15, -0.1) is 0 Å². The van der Waals surface area contributed by atoms with Crippen LogP contribution in [0.4, 0.5) is 0 Å². The van der Waals surface area contributed by atoms with Crippen molar-refractivity contribution in [1.82, 2.24) is 0 Å². The van der Waals surface area contributed by atoms with E-state index in [0.29, 0.717) is 48.7 Å². The second-order valence-corrected chi connectivity index (χ2v) is 22.9. The molecule has 0 spiro atoms. The van der Waals surface area contributed by atoms with Gasteiger partial charge in [-0.3, -0.25) is 0 Å². The van der Waals surface area contributed by atoms with Crippen molar-refractivity contribution in [1.29, 1.82) is 0 Å². The summed E-state index contributed by atoms with van der Waals surface area (Å²) in [6.45, 7) is 33.4. The standard InChI is InChI=1S/2C24H33O4P.Ca/c2*1-15-11-19(23(3,4)5)13-17-9-10-18-14-20(24(6,7)8)12-16(2)22(18)28-29(25,26)27-21(15)17;/h2*11-14H,9-10H2,1-8H3,(H,25,26);/q;;+2/p-2. The van der Waals surface area contributed by atoms with E-state index in [2.05, 4.69) is 107 Å². The Kier molecular flexibility index (Phi) is 14.6. The molecule has 4 aromatic carbocycles. The topological polar surface area (TPSA) is 117 Å². The number of phosphoric ester groups is 2. The summed E-state index contributed by atoms with van der Waals surface area (Å²) in [5.41, 5.74) is 11.4. The summed E-state index contributed by atoms with van der Waals surface area (Å²) in [7, 11) is -9.13. The number of benzene rings is 4. The maximum atomic E-state index is 12.8. The van der Waals surface area contributed by atoms with E-state index < -0.39 is 15.6 Å². The molecule has 0 saturated heterocycles. The van der Waals surface area contributed by atoms with E-state index in [1.54, 1.807) is 0 Å². The summed E-state index contributed by atoms with van der Waals surface area (Å²) in [5.74, 6) is 1.60. The first kappa shape index (κ1) is 49.4. The minimum absolute atomic E-state index is 0. The van der Waals surface area contributed by atoms with Crippen LogP contribution >= 0.6 is 15.6 Å². The number of aryl methyl sites for hydroxylation is 8. The van der Waals surface area contributed by atoms with Gasteiger partial charge >= 0.3 is 53.4 Å². The Morgan fingerprint density at radius 3 is 0.712 bits per heavy atom. The van der Waals surface area contributed by atoms with Crippen LogP contribution in [0.1, 0.15) is 150 Å². The number of fused-ring (bicyclic) bond motifs is 4. The minimum atomic E-state index is -4.57. The monoisotopic (exact) mass is 870 g/mol. The Labute approximate surface area is 384 Å². The maximum Gasteiger partial charge on any atom is 2.00 e. The van der Waals surface area contributed by atoms with Gasteiger partial charge in [0.05, 0.1) is 0 Å². The third-order valence-electron chi connectivity index (χ3n) is 11.0. The predicted molar refractivity (Wildman–Crippen MR) is 238 cm³/mol. The number of hydrogen-bond acceptors (Lipinski definition) is 8. The van der Waals surface area contributed by atoms with Crippen LogP contribution in [0.3, 0.4) is 0 Å². The van der Waals surface area contributed by atoms with Crippen molar-refractivity contribution in [3.05, 3.63) is 115 Å². The van der Waals surface area contributed by atoms with Crippen LogP contribution in [-0.2, 0) is 56.5 Å². The van der Waals surface area contributed by atoms with Crippen molar-refractivity contribution in [3.63, 3.8) is 0 Å². The normalized spacial score (nSPS) is 16.2. The molecule has 316 valence electrons. The maximum absolute atomic E-state index is 12.8. The minimum Gasteiger partial charge on any atom is -0.736 e. The molecule has 0 fully saturated rings. The first-order valence-corrected chi connectivity index (χ1v) is 23.2. The molecule has 2 aliphatic heterocycles. The molecule has 59 heavy (non-hydrogen) atoms. The van der Waals surface area contributed by atoms with Crippen molar-refractivity contribution in [2.45, 2.75) is 158 Å². The molecule has 0 radical (unpaired) electrons. The fourth-order valence-corrected chi connectivity index (χ4v) is 9.42. The summed E-state index contributed by atoms with van der Waals surface area (Å²) in [5, 5.41) is 0.